The van der Waals surface area contributed by atoms with Crippen molar-refractivity contribution in [2.45, 2.75) is 50.6 Å². The zero-order valence-electron chi connectivity index (χ0n) is 19.0. The van der Waals surface area contributed by atoms with E-state index in [4.69, 9.17) is 4.74 Å². The van der Waals surface area contributed by atoms with Crippen molar-refractivity contribution in [1.29, 1.82) is 0 Å². The predicted octanol–water partition coefficient (Wildman–Crippen LogP) is 6.63. The van der Waals surface area contributed by atoms with Gasteiger partial charge in [-0.15, -0.1) is 11.3 Å². The van der Waals surface area contributed by atoms with Gasteiger partial charge in [0.15, 0.2) is 5.16 Å². The van der Waals surface area contributed by atoms with Crippen molar-refractivity contribution in [1.82, 2.24) is 9.97 Å². The van der Waals surface area contributed by atoms with Crippen molar-refractivity contribution in [3.8, 4) is 11.1 Å². The Kier molecular flexibility index (Phi) is 7.00. The number of hydrogen-bond donors (Lipinski definition) is 1. The van der Waals surface area contributed by atoms with E-state index in [1.165, 1.54) is 28.7 Å². The number of carbonyl (C=O) groups excluding carboxylic acids is 1. The molecule has 0 atom stereocenters. The number of carbonyl (C=O) groups is 1. The number of thiophene rings is 1. The Morgan fingerprint density at radius 1 is 1.12 bits per heavy atom. The third-order valence-corrected chi connectivity index (χ3v) is 7.01. The van der Waals surface area contributed by atoms with Crippen LogP contribution in [0.15, 0.2) is 63.9 Å². The van der Waals surface area contributed by atoms with Crippen molar-refractivity contribution in [2.24, 2.45) is 0 Å². The second-order valence-corrected chi connectivity index (χ2v) is 10.2. The van der Waals surface area contributed by atoms with E-state index in [0.29, 0.717) is 27.8 Å². The number of benzene rings is 2. The van der Waals surface area contributed by atoms with Crippen LogP contribution in [0.25, 0.3) is 21.3 Å². The molecule has 0 aliphatic heterocycles. The van der Waals surface area contributed by atoms with Gasteiger partial charge in [-0.1, -0.05) is 62.0 Å². The molecule has 0 saturated heterocycles. The summed E-state index contributed by atoms with van der Waals surface area (Å²) in [7, 11) is 0. The maximum absolute atomic E-state index is 12.9. The summed E-state index contributed by atoms with van der Waals surface area (Å²) >= 11 is 2.91. The molecule has 0 unspecified atom stereocenters. The smallest absolute Gasteiger partial charge is 0.338 e. The normalized spacial score (nSPS) is 11.5. The highest BCUT2D eigenvalue weighted by Gasteiger charge is 2.14. The zero-order chi connectivity index (χ0) is 23.5. The first kappa shape index (κ1) is 23.3. The second-order valence-electron chi connectivity index (χ2n) is 8.42. The summed E-state index contributed by atoms with van der Waals surface area (Å²) < 4.78 is 5.27. The maximum Gasteiger partial charge on any atom is 0.338 e. The molecule has 0 amide bonds. The largest absolute Gasteiger partial charge is 0.459 e. The van der Waals surface area contributed by atoms with Gasteiger partial charge in [-0.05, 0) is 48.6 Å². The summed E-state index contributed by atoms with van der Waals surface area (Å²) in [6, 6.07) is 15.7. The SMILES string of the molecule is CC(C)OC(=O)c1cccc(CSc2nc3scc(-c4ccc(C(C)C)cc4)c3c(=O)[nH]2)c1. The summed E-state index contributed by atoms with van der Waals surface area (Å²) in [6.07, 6.45) is -0.166. The molecule has 2 aromatic heterocycles. The van der Waals surface area contributed by atoms with E-state index in [1.807, 2.05) is 37.4 Å². The summed E-state index contributed by atoms with van der Waals surface area (Å²) in [6.45, 7) is 7.98. The predicted molar refractivity (Wildman–Crippen MR) is 136 cm³/mol. The van der Waals surface area contributed by atoms with E-state index in [-0.39, 0.29) is 17.6 Å². The molecule has 1 N–H and O–H groups in total. The van der Waals surface area contributed by atoms with Crippen LogP contribution in [0.2, 0.25) is 0 Å². The van der Waals surface area contributed by atoms with Gasteiger partial charge in [0.05, 0.1) is 17.1 Å². The first-order valence-electron chi connectivity index (χ1n) is 10.9. The van der Waals surface area contributed by atoms with Crippen LogP contribution in [0.4, 0.5) is 0 Å². The molecule has 2 heterocycles. The van der Waals surface area contributed by atoms with Crippen molar-refractivity contribution in [2.75, 3.05) is 0 Å². The van der Waals surface area contributed by atoms with Gasteiger partial charge in [0.1, 0.15) is 4.83 Å². The number of aromatic nitrogens is 2. The van der Waals surface area contributed by atoms with E-state index in [0.717, 1.165) is 21.5 Å². The lowest BCUT2D eigenvalue weighted by atomic mass is 9.99. The van der Waals surface area contributed by atoms with Gasteiger partial charge in [-0.25, -0.2) is 9.78 Å². The first-order valence-corrected chi connectivity index (χ1v) is 12.7. The van der Waals surface area contributed by atoms with Crippen LogP contribution >= 0.6 is 23.1 Å². The first-order chi connectivity index (χ1) is 15.8. The van der Waals surface area contributed by atoms with E-state index >= 15 is 0 Å². The van der Waals surface area contributed by atoms with Crippen LogP contribution in [-0.2, 0) is 10.5 Å². The van der Waals surface area contributed by atoms with Gasteiger partial charge in [-0.3, -0.25) is 4.79 Å². The Balaban J connectivity index is 1.54. The lowest BCUT2D eigenvalue weighted by Crippen LogP contribution is -2.11. The van der Waals surface area contributed by atoms with Gasteiger partial charge in [0, 0.05) is 16.7 Å². The summed E-state index contributed by atoms with van der Waals surface area (Å²) in [5.41, 5.74) is 4.53. The number of thioether (sulfide) groups is 1. The maximum atomic E-state index is 12.9. The number of ether oxygens (including phenoxy) is 1. The minimum Gasteiger partial charge on any atom is -0.459 e. The van der Waals surface area contributed by atoms with Crippen LogP contribution in [0.1, 0.15) is 55.1 Å². The number of hydrogen-bond acceptors (Lipinski definition) is 6. The molecule has 0 saturated carbocycles. The molecule has 7 heteroatoms. The Morgan fingerprint density at radius 2 is 1.88 bits per heavy atom. The Hall–Kier alpha value is -2.90. The third kappa shape index (κ3) is 5.37. The monoisotopic (exact) mass is 478 g/mol. The average Bonchev–Trinajstić information content (AvgIpc) is 3.22. The van der Waals surface area contributed by atoms with Crippen LogP contribution in [0.3, 0.4) is 0 Å². The molecule has 4 aromatic rings. The fourth-order valence-corrected chi connectivity index (χ4v) is 5.29. The molecule has 33 heavy (non-hydrogen) atoms. The highest BCUT2D eigenvalue weighted by Crippen LogP contribution is 2.32. The molecule has 0 aliphatic rings. The number of H-pyrrole nitrogens is 1. The standard InChI is InChI=1S/C26H26N2O3S2/c1-15(2)18-8-10-19(11-9-18)21-14-32-24-22(21)23(29)27-26(28-24)33-13-17-6-5-7-20(12-17)25(30)31-16(3)4/h5-12,14-16H,13H2,1-4H3,(H,27,28,29). The quantitative estimate of drug-likeness (QED) is 0.183. The van der Waals surface area contributed by atoms with Gasteiger partial charge in [0.2, 0.25) is 0 Å². The summed E-state index contributed by atoms with van der Waals surface area (Å²) in [5.74, 6) is 0.702. The Bertz CT molecular complexity index is 1340. The van der Waals surface area contributed by atoms with E-state index in [9.17, 15) is 9.59 Å². The lowest BCUT2D eigenvalue weighted by molar-refractivity contribution is 0.0378. The van der Waals surface area contributed by atoms with Crippen molar-refractivity contribution in [3.05, 3.63) is 81.0 Å². The molecule has 2 aromatic carbocycles. The summed E-state index contributed by atoms with van der Waals surface area (Å²) in [4.78, 5) is 33.4. The van der Waals surface area contributed by atoms with Crippen molar-refractivity contribution >= 4 is 39.3 Å². The zero-order valence-corrected chi connectivity index (χ0v) is 20.7. The molecule has 5 nitrogen and oxygen atoms in total. The number of nitrogens with zero attached hydrogens (tertiary/aromatic N) is 1. The van der Waals surface area contributed by atoms with Gasteiger partial charge in [0.25, 0.3) is 5.56 Å². The molecule has 0 bridgehead atoms. The molecule has 170 valence electrons. The van der Waals surface area contributed by atoms with E-state index in [2.05, 4.69) is 48.1 Å². The molecular formula is C26H26N2O3S2. The minimum absolute atomic E-state index is 0.138. The highest BCUT2D eigenvalue weighted by molar-refractivity contribution is 7.98. The van der Waals surface area contributed by atoms with Gasteiger partial charge >= 0.3 is 5.97 Å². The van der Waals surface area contributed by atoms with Crippen molar-refractivity contribution < 1.29 is 9.53 Å². The molecule has 0 aliphatic carbocycles. The second kappa shape index (κ2) is 9.93. The van der Waals surface area contributed by atoms with E-state index in [1.54, 1.807) is 6.07 Å². The Morgan fingerprint density at radius 3 is 2.58 bits per heavy atom. The molecule has 0 fully saturated rings. The molecule has 0 radical (unpaired) electrons. The third-order valence-electron chi connectivity index (χ3n) is 5.19. The number of fused-ring (bicyclic) bond motifs is 1. The average molecular weight is 479 g/mol. The molecular weight excluding hydrogens is 452 g/mol. The van der Waals surface area contributed by atoms with Crippen LogP contribution in [0.5, 0.6) is 0 Å². The minimum atomic E-state index is -0.336. The van der Waals surface area contributed by atoms with E-state index < -0.39 is 0 Å². The summed E-state index contributed by atoms with van der Waals surface area (Å²) in [5, 5.41) is 3.18. The van der Waals surface area contributed by atoms with Crippen molar-refractivity contribution in [3.63, 3.8) is 0 Å². The van der Waals surface area contributed by atoms with Crippen LogP contribution in [-0.4, -0.2) is 22.0 Å². The fourth-order valence-electron chi connectivity index (χ4n) is 3.48. The van der Waals surface area contributed by atoms with Gasteiger partial charge in [-0.2, -0.15) is 0 Å². The topological polar surface area (TPSA) is 72.0 Å². The highest BCUT2D eigenvalue weighted by atomic mass is 32.2. The lowest BCUT2D eigenvalue weighted by Gasteiger charge is -2.09. The Labute approximate surface area is 201 Å². The number of nitrogens with one attached hydrogen (secondary N) is 1. The van der Waals surface area contributed by atoms with Crippen LogP contribution in [0, 0.1) is 0 Å². The number of rotatable bonds is 7. The molecule has 4 rings (SSSR count). The van der Waals surface area contributed by atoms with Gasteiger partial charge < -0.3 is 9.72 Å². The number of aromatic amines is 1. The van der Waals surface area contributed by atoms with Crippen LogP contribution < -0.4 is 5.56 Å². The molecule has 0 spiro atoms. The number of esters is 1. The fraction of sp³-hybridized carbons (Fsp3) is 0.269.